The summed E-state index contributed by atoms with van der Waals surface area (Å²) in [4.78, 5) is 6.89. The van der Waals surface area contributed by atoms with Gasteiger partial charge in [0.25, 0.3) is 0 Å². The van der Waals surface area contributed by atoms with Gasteiger partial charge in [-0.05, 0) is 43.3 Å². The van der Waals surface area contributed by atoms with E-state index in [1.807, 2.05) is 25.1 Å². The molecule has 0 saturated heterocycles. The number of pyridine rings is 1. The Kier molecular flexibility index (Phi) is 5.76. The molecule has 0 radical (unpaired) electrons. The molecule has 0 atom stereocenters. The first-order valence-electron chi connectivity index (χ1n) is 7.69. The third kappa shape index (κ3) is 4.87. The third-order valence-electron chi connectivity index (χ3n) is 3.65. The fourth-order valence-corrected chi connectivity index (χ4v) is 2.38. The molecule has 2 aromatic rings. The summed E-state index contributed by atoms with van der Waals surface area (Å²) in [6.45, 7) is 10.4. The number of rotatable bonds is 7. The number of nitrogens with zero attached hydrogens (tertiary/aromatic N) is 2. The Balaban J connectivity index is 1.97. The van der Waals surface area contributed by atoms with E-state index in [9.17, 15) is 0 Å². The van der Waals surface area contributed by atoms with Crippen LogP contribution in [-0.2, 0) is 13.1 Å². The summed E-state index contributed by atoms with van der Waals surface area (Å²) in [6.07, 6.45) is 0. The quantitative estimate of drug-likeness (QED) is 0.836. The monoisotopic (exact) mass is 283 g/mol. The molecule has 0 saturated carbocycles. The molecule has 0 unspecified atom stereocenters. The smallest absolute Gasteiger partial charge is 0.126 e. The van der Waals surface area contributed by atoms with Gasteiger partial charge in [0.15, 0.2) is 0 Å². The van der Waals surface area contributed by atoms with Crippen LogP contribution in [0.3, 0.4) is 0 Å². The second-order valence-electron chi connectivity index (χ2n) is 5.30. The molecule has 0 aliphatic carbocycles. The van der Waals surface area contributed by atoms with E-state index in [0.29, 0.717) is 0 Å². The van der Waals surface area contributed by atoms with Gasteiger partial charge in [-0.15, -0.1) is 0 Å². The van der Waals surface area contributed by atoms with E-state index < -0.39 is 0 Å². The van der Waals surface area contributed by atoms with Crippen LogP contribution in [0.5, 0.6) is 0 Å². The van der Waals surface area contributed by atoms with E-state index >= 15 is 0 Å². The van der Waals surface area contributed by atoms with Crippen molar-refractivity contribution in [1.29, 1.82) is 0 Å². The highest BCUT2D eigenvalue weighted by molar-refractivity contribution is 5.37. The molecule has 0 aliphatic rings. The molecule has 0 amide bonds. The highest BCUT2D eigenvalue weighted by Gasteiger charge is 2.02. The molecule has 21 heavy (non-hydrogen) atoms. The molecule has 0 spiro atoms. The average Bonchev–Trinajstić information content (AvgIpc) is 2.51. The van der Waals surface area contributed by atoms with Crippen molar-refractivity contribution in [3.63, 3.8) is 0 Å². The predicted octanol–water partition coefficient (Wildman–Crippen LogP) is 3.84. The van der Waals surface area contributed by atoms with Crippen LogP contribution >= 0.6 is 0 Å². The predicted molar refractivity (Wildman–Crippen MR) is 89.4 cm³/mol. The van der Waals surface area contributed by atoms with Gasteiger partial charge < -0.3 is 5.32 Å². The second kappa shape index (κ2) is 7.79. The standard InChI is InChI=1S/C18H25N3/c1-4-21(5-2)14-17-10-7-9-16(12-17)13-19-18-11-6-8-15(3)20-18/h6-12H,4-5,13-14H2,1-3H3,(H,19,20). The lowest BCUT2D eigenvalue weighted by Gasteiger charge is -2.18. The minimum Gasteiger partial charge on any atom is -0.366 e. The van der Waals surface area contributed by atoms with Gasteiger partial charge in [-0.25, -0.2) is 4.98 Å². The normalized spacial score (nSPS) is 10.9. The molecular formula is C18H25N3. The van der Waals surface area contributed by atoms with Gasteiger partial charge in [0.1, 0.15) is 5.82 Å². The van der Waals surface area contributed by atoms with Crippen LogP contribution in [-0.4, -0.2) is 23.0 Å². The van der Waals surface area contributed by atoms with Crippen LogP contribution in [0.1, 0.15) is 30.7 Å². The highest BCUT2D eigenvalue weighted by Crippen LogP contribution is 2.11. The van der Waals surface area contributed by atoms with Crippen LogP contribution in [0.25, 0.3) is 0 Å². The van der Waals surface area contributed by atoms with Gasteiger partial charge in [0.05, 0.1) is 0 Å². The van der Waals surface area contributed by atoms with Gasteiger partial charge in [0, 0.05) is 18.8 Å². The SMILES string of the molecule is CCN(CC)Cc1cccc(CNc2cccc(C)n2)c1. The summed E-state index contributed by atoms with van der Waals surface area (Å²) in [6, 6.07) is 14.8. The molecule has 3 nitrogen and oxygen atoms in total. The number of nitrogens with one attached hydrogen (secondary N) is 1. The van der Waals surface area contributed by atoms with Gasteiger partial charge in [0.2, 0.25) is 0 Å². The fraction of sp³-hybridized carbons (Fsp3) is 0.389. The van der Waals surface area contributed by atoms with E-state index in [2.05, 4.69) is 53.3 Å². The molecule has 1 aromatic heterocycles. The zero-order valence-electron chi connectivity index (χ0n) is 13.3. The summed E-state index contributed by atoms with van der Waals surface area (Å²) < 4.78 is 0. The Morgan fingerprint density at radius 2 is 1.71 bits per heavy atom. The number of anilines is 1. The maximum absolute atomic E-state index is 4.47. The number of hydrogen-bond acceptors (Lipinski definition) is 3. The van der Waals surface area contributed by atoms with Crippen molar-refractivity contribution in [2.24, 2.45) is 0 Å². The number of aryl methyl sites for hydroxylation is 1. The fourth-order valence-electron chi connectivity index (χ4n) is 2.38. The van der Waals surface area contributed by atoms with Gasteiger partial charge in [-0.3, -0.25) is 4.90 Å². The maximum atomic E-state index is 4.47. The van der Waals surface area contributed by atoms with Crippen molar-refractivity contribution >= 4 is 5.82 Å². The summed E-state index contributed by atoms with van der Waals surface area (Å²) >= 11 is 0. The third-order valence-corrected chi connectivity index (χ3v) is 3.65. The van der Waals surface area contributed by atoms with Gasteiger partial charge >= 0.3 is 0 Å². The van der Waals surface area contributed by atoms with E-state index in [1.54, 1.807) is 0 Å². The Hall–Kier alpha value is -1.87. The summed E-state index contributed by atoms with van der Waals surface area (Å²) in [5, 5.41) is 3.39. The highest BCUT2D eigenvalue weighted by atomic mass is 15.1. The molecule has 1 heterocycles. The van der Waals surface area contributed by atoms with Crippen LogP contribution < -0.4 is 5.32 Å². The van der Waals surface area contributed by atoms with E-state index in [4.69, 9.17) is 0 Å². The molecule has 3 heteroatoms. The minimum atomic E-state index is 0.808. The second-order valence-corrected chi connectivity index (χ2v) is 5.30. The zero-order chi connectivity index (χ0) is 15.1. The first-order chi connectivity index (χ1) is 10.2. The van der Waals surface area contributed by atoms with Gasteiger partial charge in [-0.2, -0.15) is 0 Å². The molecule has 0 aliphatic heterocycles. The lowest BCUT2D eigenvalue weighted by atomic mass is 10.1. The van der Waals surface area contributed by atoms with Crippen molar-refractivity contribution < 1.29 is 0 Å². The van der Waals surface area contributed by atoms with Crippen LogP contribution in [0.2, 0.25) is 0 Å². The van der Waals surface area contributed by atoms with Crippen LogP contribution in [0.4, 0.5) is 5.82 Å². The number of hydrogen-bond donors (Lipinski definition) is 1. The average molecular weight is 283 g/mol. The van der Waals surface area contributed by atoms with Gasteiger partial charge in [-0.1, -0.05) is 44.2 Å². The lowest BCUT2D eigenvalue weighted by molar-refractivity contribution is 0.296. The summed E-state index contributed by atoms with van der Waals surface area (Å²) in [5.41, 5.74) is 3.70. The number of aromatic nitrogens is 1. The van der Waals surface area contributed by atoms with Crippen molar-refractivity contribution in [3.05, 3.63) is 59.3 Å². The van der Waals surface area contributed by atoms with E-state index in [-0.39, 0.29) is 0 Å². The van der Waals surface area contributed by atoms with E-state index in [1.165, 1.54) is 11.1 Å². The molecule has 2 rings (SSSR count). The van der Waals surface area contributed by atoms with Crippen molar-refractivity contribution in [2.45, 2.75) is 33.9 Å². The lowest BCUT2D eigenvalue weighted by Crippen LogP contribution is -2.22. The number of benzene rings is 1. The van der Waals surface area contributed by atoms with E-state index in [0.717, 1.165) is 37.7 Å². The first kappa shape index (κ1) is 15.5. The Morgan fingerprint density at radius 1 is 1.00 bits per heavy atom. The van der Waals surface area contributed by atoms with Crippen molar-refractivity contribution in [2.75, 3.05) is 18.4 Å². The molecule has 1 N–H and O–H groups in total. The van der Waals surface area contributed by atoms with Crippen LogP contribution in [0, 0.1) is 6.92 Å². The van der Waals surface area contributed by atoms with Crippen molar-refractivity contribution in [1.82, 2.24) is 9.88 Å². The topological polar surface area (TPSA) is 28.2 Å². The molecule has 1 aromatic carbocycles. The Bertz CT molecular complexity index is 562. The molecule has 0 bridgehead atoms. The van der Waals surface area contributed by atoms with Crippen LogP contribution in [0.15, 0.2) is 42.5 Å². The summed E-state index contributed by atoms with van der Waals surface area (Å²) in [5.74, 6) is 0.934. The zero-order valence-corrected chi connectivity index (χ0v) is 13.3. The molecule has 112 valence electrons. The maximum Gasteiger partial charge on any atom is 0.126 e. The Morgan fingerprint density at radius 3 is 2.43 bits per heavy atom. The largest absolute Gasteiger partial charge is 0.366 e. The summed E-state index contributed by atoms with van der Waals surface area (Å²) in [7, 11) is 0. The molecular weight excluding hydrogens is 258 g/mol. The van der Waals surface area contributed by atoms with Crippen molar-refractivity contribution in [3.8, 4) is 0 Å². The Labute approximate surface area is 128 Å². The first-order valence-corrected chi connectivity index (χ1v) is 7.69. The minimum absolute atomic E-state index is 0.808. The molecule has 0 fully saturated rings.